The number of anilines is 1. The van der Waals surface area contributed by atoms with Crippen LogP contribution in [0, 0.1) is 6.92 Å². The SMILES string of the molecule is COc1cc(/C=C2\SC(=O)N(Cc3ccc(Cl)cc3Cl)C2=O)cc(Cl)c1OCC(=O)Nc1ccc(C)c(Cl)c1. The molecule has 0 aromatic heterocycles. The number of ether oxygens (including phenoxy) is 2. The van der Waals surface area contributed by atoms with E-state index in [0.29, 0.717) is 31.9 Å². The maximum atomic E-state index is 13.0. The molecule has 202 valence electrons. The number of imide groups is 1. The van der Waals surface area contributed by atoms with E-state index in [0.717, 1.165) is 22.2 Å². The van der Waals surface area contributed by atoms with Crippen LogP contribution in [0.1, 0.15) is 16.7 Å². The lowest BCUT2D eigenvalue weighted by molar-refractivity contribution is -0.123. The first-order valence-electron chi connectivity index (χ1n) is 11.3. The molecule has 0 aliphatic carbocycles. The molecule has 0 atom stereocenters. The fourth-order valence-corrected chi connectivity index (χ4v) is 5.34. The first-order valence-corrected chi connectivity index (χ1v) is 13.6. The van der Waals surface area contributed by atoms with Gasteiger partial charge in [0, 0.05) is 20.8 Å². The summed E-state index contributed by atoms with van der Waals surface area (Å²) < 4.78 is 11.0. The second-order valence-corrected chi connectivity index (χ2v) is 11.0. The van der Waals surface area contributed by atoms with Crippen molar-refractivity contribution in [2.45, 2.75) is 13.5 Å². The van der Waals surface area contributed by atoms with Crippen molar-refractivity contribution in [3.05, 3.63) is 90.2 Å². The fraction of sp³-hybridized carbons (Fsp3) is 0.148. The van der Waals surface area contributed by atoms with Gasteiger partial charge in [0.05, 0.1) is 23.6 Å². The number of benzene rings is 3. The van der Waals surface area contributed by atoms with Crippen LogP contribution in [0.15, 0.2) is 53.4 Å². The predicted molar refractivity (Wildman–Crippen MR) is 156 cm³/mol. The van der Waals surface area contributed by atoms with Crippen LogP contribution in [0.3, 0.4) is 0 Å². The molecule has 1 saturated heterocycles. The minimum atomic E-state index is -0.473. The minimum Gasteiger partial charge on any atom is -0.493 e. The van der Waals surface area contributed by atoms with E-state index in [1.54, 1.807) is 48.5 Å². The topological polar surface area (TPSA) is 84.9 Å². The Morgan fingerprint density at radius 1 is 1.00 bits per heavy atom. The number of amides is 3. The summed E-state index contributed by atoms with van der Waals surface area (Å²) in [5.74, 6) is -0.503. The summed E-state index contributed by atoms with van der Waals surface area (Å²) >= 11 is 25.5. The second-order valence-electron chi connectivity index (χ2n) is 8.34. The Kier molecular flexibility index (Phi) is 9.35. The van der Waals surface area contributed by atoms with Crippen molar-refractivity contribution in [1.29, 1.82) is 0 Å². The summed E-state index contributed by atoms with van der Waals surface area (Å²) in [6.45, 7) is 1.52. The number of nitrogens with zero attached hydrogens (tertiary/aromatic N) is 1. The minimum absolute atomic E-state index is 0.00568. The number of methoxy groups -OCH3 is 1. The largest absolute Gasteiger partial charge is 0.493 e. The molecule has 39 heavy (non-hydrogen) atoms. The lowest BCUT2D eigenvalue weighted by Crippen LogP contribution is -2.27. The summed E-state index contributed by atoms with van der Waals surface area (Å²) in [5, 5.41) is 3.75. The van der Waals surface area contributed by atoms with Crippen LogP contribution in [0.25, 0.3) is 6.08 Å². The number of hydrogen-bond acceptors (Lipinski definition) is 6. The van der Waals surface area contributed by atoms with Crippen LogP contribution in [0.4, 0.5) is 10.5 Å². The maximum Gasteiger partial charge on any atom is 0.293 e. The summed E-state index contributed by atoms with van der Waals surface area (Å²) in [4.78, 5) is 39.2. The van der Waals surface area contributed by atoms with Crippen LogP contribution < -0.4 is 14.8 Å². The highest BCUT2D eigenvalue weighted by atomic mass is 35.5. The normalized spacial score (nSPS) is 14.2. The number of thioether (sulfide) groups is 1. The van der Waals surface area contributed by atoms with E-state index in [9.17, 15) is 14.4 Å². The average Bonchev–Trinajstić information content (AvgIpc) is 3.14. The Morgan fingerprint density at radius 2 is 1.77 bits per heavy atom. The molecule has 12 heteroatoms. The van der Waals surface area contributed by atoms with Gasteiger partial charge in [-0.15, -0.1) is 0 Å². The molecule has 1 aliphatic heterocycles. The quantitative estimate of drug-likeness (QED) is 0.256. The van der Waals surface area contributed by atoms with Crippen molar-refractivity contribution < 1.29 is 23.9 Å². The smallest absolute Gasteiger partial charge is 0.293 e. The molecular weight excluding hydrogens is 606 g/mol. The van der Waals surface area contributed by atoms with Gasteiger partial charge in [0.1, 0.15) is 0 Å². The van der Waals surface area contributed by atoms with E-state index in [-0.39, 0.29) is 34.6 Å². The Labute approximate surface area is 248 Å². The van der Waals surface area contributed by atoms with Crippen LogP contribution in [0.2, 0.25) is 20.1 Å². The summed E-state index contributed by atoms with van der Waals surface area (Å²) in [6, 6.07) is 13.1. The van der Waals surface area contributed by atoms with Crippen molar-refractivity contribution in [3.8, 4) is 11.5 Å². The average molecular weight is 626 g/mol. The summed E-state index contributed by atoms with van der Waals surface area (Å²) in [6.07, 6.45) is 1.53. The van der Waals surface area contributed by atoms with E-state index in [1.165, 1.54) is 13.2 Å². The predicted octanol–water partition coefficient (Wildman–Crippen LogP) is 7.87. The van der Waals surface area contributed by atoms with E-state index >= 15 is 0 Å². The highest BCUT2D eigenvalue weighted by molar-refractivity contribution is 8.18. The van der Waals surface area contributed by atoms with Crippen molar-refractivity contribution in [2.24, 2.45) is 0 Å². The number of hydrogen-bond donors (Lipinski definition) is 1. The molecular formula is C27H20Cl4N2O5S. The third-order valence-electron chi connectivity index (χ3n) is 5.57. The third-order valence-corrected chi connectivity index (χ3v) is 7.75. The van der Waals surface area contributed by atoms with E-state index in [1.807, 2.05) is 6.92 Å². The van der Waals surface area contributed by atoms with Gasteiger partial charge in [0.25, 0.3) is 17.1 Å². The lowest BCUT2D eigenvalue weighted by atomic mass is 10.1. The lowest BCUT2D eigenvalue weighted by Gasteiger charge is -2.14. The van der Waals surface area contributed by atoms with Gasteiger partial charge in [-0.3, -0.25) is 19.3 Å². The zero-order chi connectivity index (χ0) is 28.3. The van der Waals surface area contributed by atoms with Crippen LogP contribution in [0.5, 0.6) is 11.5 Å². The molecule has 0 radical (unpaired) electrons. The van der Waals surface area contributed by atoms with Gasteiger partial charge in [-0.1, -0.05) is 58.5 Å². The standard InChI is InChI=1S/C27H20Cl4N2O5S/c1-14-3-6-18(11-19(14)29)32-24(34)13-38-25-21(31)7-15(8-22(25)37-2)9-23-26(35)33(27(36)39-23)12-16-4-5-17(28)10-20(16)30/h3-11H,12-13H2,1-2H3,(H,32,34)/b23-9-. The highest BCUT2D eigenvalue weighted by Crippen LogP contribution is 2.39. The first-order chi connectivity index (χ1) is 18.5. The molecule has 1 aliphatic rings. The van der Waals surface area contributed by atoms with Gasteiger partial charge in [-0.25, -0.2) is 0 Å². The molecule has 3 aromatic carbocycles. The second kappa shape index (κ2) is 12.5. The number of halogens is 4. The zero-order valence-corrected chi connectivity index (χ0v) is 24.4. The van der Waals surface area contributed by atoms with Gasteiger partial charge >= 0.3 is 0 Å². The van der Waals surface area contributed by atoms with Crippen LogP contribution in [-0.4, -0.2) is 35.7 Å². The van der Waals surface area contributed by atoms with Gasteiger partial charge in [0.2, 0.25) is 0 Å². The monoisotopic (exact) mass is 624 g/mol. The molecule has 0 spiro atoms. The Morgan fingerprint density at radius 3 is 2.46 bits per heavy atom. The van der Waals surface area contributed by atoms with E-state index in [2.05, 4.69) is 5.32 Å². The molecule has 4 rings (SSSR count). The van der Waals surface area contributed by atoms with Gasteiger partial charge in [-0.2, -0.15) is 0 Å². The number of nitrogens with one attached hydrogen (secondary N) is 1. The Balaban J connectivity index is 1.47. The summed E-state index contributed by atoms with van der Waals surface area (Å²) in [5.41, 5.74) is 2.50. The molecule has 0 bridgehead atoms. The van der Waals surface area contributed by atoms with E-state index in [4.69, 9.17) is 55.9 Å². The molecule has 3 aromatic rings. The first kappa shape index (κ1) is 29.1. The van der Waals surface area contributed by atoms with Crippen molar-refractivity contribution in [3.63, 3.8) is 0 Å². The van der Waals surface area contributed by atoms with Crippen LogP contribution >= 0.6 is 58.2 Å². The third kappa shape index (κ3) is 7.01. The molecule has 1 N–H and O–H groups in total. The van der Waals surface area contributed by atoms with Gasteiger partial charge in [0.15, 0.2) is 18.1 Å². The van der Waals surface area contributed by atoms with Crippen LogP contribution in [-0.2, 0) is 16.1 Å². The summed E-state index contributed by atoms with van der Waals surface area (Å²) in [7, 11) is 1.42. The van der Waals surface area contributed by atoms with E-state index < -0.39 is 17.1 Å². The van der Waals surface area contributed by atoms with Gasteiger partial charge in [-0.05, 0) is 77.9 Å². The van der Waals surface area contributed by atoms with Crippen molar-refractivity contribution in [1.82, 2.24) is 4.90 Å². The molecule has 0 saturated carbocycles. The number of carbonyl (C=O) groups is 3. The number of aryl methyl sites for hydroxylation is 1. The molecule has 0 unspecified atom stereocenters. The Hall–Kier alpha value is -2.88. The fourth-order valence-electron chi connectivity index (χ4n) is 3.58. The maximum absolute atomic E-state index is 13.0. The molecule has 7 nitrogen and oxygen atoms in total. The highest BCUT2D eigenvalue weighted by Gasteiger charge is 2.35. The van der Waals surface area contributed by atoms with Crippen molar-refractivity contribution >= 4 is 87.0 Å². The number of rotatable bonds is 8. The number of carbonyl (C=O) groups excluding carboxylic acids is 3. The Bertz CT molecular complexity index is 1510. The molecule has 3 amide bonds. The zero-order valence-electron chi connectivity index (χ0n) is 20.5. The van der Waals surface area contributed by atoms with Gasteiger partial charge < -0.3 is 14.8 Å². The molecule has 1 heterocycles. The molecule has 1 fully saturated rings. The van der Waals surface area contributed by atoms with Crippen molar-refractivity contribution in [2.75, 3.05) is 19.0 Å².